The van der Waals surface area contributed by atoms with Crippen molar-refractivity contribution >= 4 is 29.0 Å². The Hall–Kier alpha value is -4.47. The predicted octanol–water partition coefficient (Wildman–Crippen LogP) is 2.79. The number of amides is 1. The van der Waals surface area contributed by atoms with Gasteiger partial charge in [-0.3, -0.25) is 0 Å². The van der Waals surface area contributed by atoms with Crippen LogP contribution in [0.5, 0.6) is 0 Å². The van der Waals surface area contributed by atoms with Gasteiger partial charge < -0.3 is 25.5 Å². The number of hydrogen-bond donors (Lipinski definition) is 3. The maximum absolute atomic E-state index is 12.5. The number of carboxylic acids is 1. The van der Waals surface area contributed by atoms with E-state index in [9.17, 15) is 14.7 Å². The summed E-state index contributed by atoms with van der Waals surface area (Å²) in [7, 11) is 0. The fraction of sp³-hybridized carbons (Fsp3) is 0.208. The number of anilines is 1. The summed E-state index contributed by atoms with van der Waals surface area (Å²) in [5.41, 5.74) is 11.1. The molecule has 0 unspecified atom stereocenters. The average molecular weight is 458 g/mol. The minimum Gasteiger partial charge on any atom is -0.480 e. The first-order valence-corrected chi connectivity index (χ1v) is 10.8. The van der Waals surface area contributed by atoms with Gasteiger partial charge >= 0.3 is 12.1 Å². The van der Waals surface area contributed by atoms with Crippen molar-refractivity contribution < 1.29 is 19.4 Å². The molecule has 2 heterocycles. The number of benzene rings is 2. The summed E-state index contributed by atoms with van der Waals surface area (Å²) in [4.78, 5) is 36.5. The van der Waals surface area contributed by atoms with Crippen LogP contribution in [0, 0.1) is 0 Å². The lowest BCUT2D eigenvalue weighted by molar-refractivity contribution is -0.139. The molecule has 1 atom stereocenters. The van der Waals surface area contributed by atoms with Crippen LogP contribution in [0.25, 0.3) is 22.3 Å². The van der Waals surface area contributed by atoms with E-state index in [1.807, 2.05) is 48.5 Å². The van der Waals surface area contributed by atoms with Crippen molar-refractivity contribution in [1.29, 1.82) is 0 Å². The van der Waals surface area contributed by atoms with Crippen molar-refractivity contribution in [2.75, 3.05) is 12.3 Å². The van der Waals surface area contributed by atoms with Crippen molar-refractivity contribution in [1.82, 2.24) is 24.8 Å². The Morgan fingerprint density at radius 2 is 1.74 bits per heavy atom. The molecule has 1 aliphatic rings. The van der Waals surface area contributed by atoms with Crippen LogP contribution in [0.15, 0.2) is 61.2 Å². The lowest BCUT2D eigenvalue weighted by Gasteiger charge is -2.17. The summed E-state index contributed by atoms with van der Waals surface area (Å²) in [5.74, 6) is -1.02. The minimum atomic E-state index is -1.16. The molecule has 4 aromatic rings. The third-order valence-electron chi connectivity index (χ3n) is 6.02. The number of carbonyl (C=O) groups is 2. The summed E-state index contributed by atoms with van der Waals surface area (Å²) in [6.07, 6.45) is 2.16. The van der Waals surface area contributed by atoms with E-state index in [0.29, 0.717) is 11.2 Å². The van der Waals surface area contributed by atoms with Gasteiger partial charge in [0.2, 0.25) is 0 Å². The molecule has 10 heteroatoms. The van der Waals surface area contributed by atoms with Gasteiger partial charge in [0.15, 0.2) is 11.5 Å². The molecule has 34 heavy (non-hydrogen) atoms. The molecule has 0 saturated heterocycles. The van der Waals surface area contributed by atoms with Gasteiger partial charge in [-0.2, -0.15) is 0 Å². The largest absolute Gasteiger partial charge is 0.480 e. The minimum absolute atomic E-state index is 0.106. The third-order valence-corrected chi connectivity index (χ3v) is 6.02. The fourth-order valence-corrected chi connectivity index (χ4v) is 4.37. The summed E-state index contributed by atoms with van der Waals surface area (Å²) in [6, 6.07) is 14.9. The van der Waals surface area contributed by atoms with E-state index >= 15 is 0 Å². The lowest BCUT2D eigenvalue weighted by Crippen LogP contribution is -2.42. The monoisotopic (exact) mass is 458 g/mol. The summed E-state index contributed by atoms with van der Waals surface area (Å²) < 4.78 is 7.14. The first-order valence-electron chi connectivity index (χ1n) is 10.8. The van der Waals surface area contributed by atoms with Crippen LogP contribution in [0.2, 0.25) is 0 Å². The SMILES string of the molecule is Nc1ncnc2c1ncn2CC[C@H](NC(=O)OCC1c2ccccc2-c2ccccc21)C(=O)O. The third kappa shape index (κ3) is 3.90. The van der Waals surface area contributed by atoms with Gasteiger partial charge in [0, 0.05) is 12.5 Å². The molecule has 2 aromatic carbocycles. The van der Waals surface area contributed by atoms with Gasteiger partial charge in [-0.05, 0) is 28.7 Å². The van der Waals surface area contributed by atoms with Crippen molar-refractivity contribution in [2.24, 2.45) is 0 Å². The number of nitrogens with two attached hydrogens (primary N) is 1. The second-order valence-electron chi connectivity index (χ2n) is 8.02. The van der Waals surface area contributed by atoms with Crippen LogP contribution in [0.4, 0.5) is 10.6 Å². The van der Waals surface area contributed by atoms with Gasteiger partial charge in [0.1, 0.15) is 24.5 Å². The van der Waals surface area contributed by atoms with Crippen molar-refractivity contribution in [3.8, 4) is 11.1 Å². The number of imidazole rings is 1. The molecule has 172 valence electrons. The molecule has 10 nitrogen and oxygen atoms in total. The number of aromatic nitrogens is 4. The highest BCUT2D eigenvalue weighted by Gasteiger charge is 2.29. The summed E-state index contributed by atoms with van der Waals surface area (Å²) in [6.45, 7) is 0.363. The van der Waals surface area contributed by atoms with Crippen LogP contribution < -0.4 is 11.1 Å². The second-order valence-corrected chi connectivity index (χ2v) is 8.02. The van der Waals surface area contributed by atoms with Crippen molar-refractivity contribution in [2.45, 2.75) is 24.9 Å². The Morgan fingerprint density at radius 3 is 2.41 bits per heavy atom. The zero-order valence-corrected chi connectivity index (χ0v) is 18.1. The van der Waals surface area contributed by atoms with E-state index in [0.717, 1.165) is 22.3 Å². The smallest absolute Gasteiger partial charge is 0.407 e. The number of aryl methyl sites for hydroxylation is 1. The molecule has 0 radical (unpaired) electrons. The Morgan fingerprint density at radius 1 is 1.06 bits per heavy atom. The maximum atomic E-state index is 12.5. The van der Waals surface area contributed by atoms with E-state index in [1.165, 1.54) is 12.7 Å². The number of hydrogen-bond acceptors (Lipinski definition) is 7. The highest BCUT2D eigenvalue weighted by Crippen LogP contribution is 2.44. The van der Waals surface area contributed by atoms with E-state index in [2.05, 4.69) is 20.3 Å². The van der Waals surface area contributed by atoms with Gasteiger partial charge in [-0.1, -0.05) is 48.5 Å². The van der Waals surface area contributed by atoms with Gasteiger partial charge in [-0.15, -0.1) is 0 Å². The number of carboxylic acid groups (broad SMARTS) is 1. The quantitative estimate of drug-likeness (QED) is 0.383. The standard InChI is InChI=1S/C24H22N6O4/c25-21-20-22(27-12-26-21)30(13-28-20)10-9-19(23(31)32)29-24(33)34-11-18-16-7-3-1-5-14(16)15-6-2-4-8-17(15)18/h1-8,12-13,18-19H,9-11H2,(H,29,33)(H,31,32)(H2,25,26,27)/t19-/m0/s1. The maximum Gasteiger partial charge on any atom is 0.407 e. The summed E-state index contributed by atoms with van der Waals surface area (Å²) in [5, 5.41) is 12.1. The highest BCUT2D eigenvalue weighted by atomic mass is 16.5. The zero-order valence-electron chi connectivity index (χ0n) is 18.1. The number of rotatable bonds is 7. The molecule has 0 spiro atoms. The number of carbonyl (C=O) groups excluding carboxylic acids is 1. The lowest BCUT2D eigenvalue weighted by atomic mass is 9.98. The van der Waals surface area contributed by atoms with E-state index in [-0.39, 0.29) is 31.3 Å². The molecule has 0 saturated carbocycles. The number of alkyl carbamates (subject to hydrolysis) is 1. The van der Waals surface area contributed by atoms with Gasteiger partial charge in [0.25, 0.3) is 0 Å². The molecule has 1 aliphatic carbocycles. The first-order chi connectivity index (χ1) is 16.5. The topological polar surface area (TPSA) is 145 Å². The Kier molecular flexibility index (Phi) is 5.54. The van der Waals surface area contributed by atoms with Crippen molar-refractivity contribution in [3.63, 3.8) is 0 Å². The van der Waals surface area contributed by atoms with Crippen LogP contribution in [0.3, 0.4) is 0 Å². The van der Waals surface area contributed by atoms with Crippen LogP contribution in [0.1, 0.15) is 23.5 Å². The van der Waals surface area contributed by atoms with Crippen LogP contribution in [-0.4, -0.2) is 49.3 Å². The predicted molar refractivity (Wildman–Crippen MR) is 124 cm³/mol. The first kappa shape index (κ1) is 21.4. The van der Waals surface area contributed by atoms with E-state index < -0.39 is 18.1 Å². The molecule has 4 N–H and O–H groups in total. The number of nitrogens with one attached hydrogen (secondary N) is 1. The highest BCUT2D eigenvalue weighted by molar-refractivity contribution is 5.82. The number of nitrogen functional groups attached to an aromatic ring is 1. The van der Waals surface area contributed by atoms with Crippen LogP contribution in [-0.2, 0) is 16.1 Å². The molecule has 5 rings (SSSR count). The number of aliphatic carboxylic acids is 1. The Bertz CT molecular complexity index is 1340. The second kappa shape index (κ2) is 8.81. The van der Waals surface area contributed by atoms with E-state index in [1.54, 1.807) is 4.57 Å². The Balaban J connectivity index is 1.23. The molecular formula is C24H22N6O4. The van der Waals surface area contributed by atoms with E-state index in [4.69, 9.17) is 10.5 Å². The average Bonchev–Trinajstić information content (AvgIpc) is 3.40. The number of nitrogens with zero attached hydrogens (tertiary/aromatic N) is 4. The Labute approximate surface area is 194 Å². The fourth-order valence-electron chi connectivity index (χ4n) is 4.37. The zero-order chi connectivity index (χ0) is 23.7. The molecule has 0 bridgehead atoms. The summed E-state index contributed by atoms with van der Waals surface area (Å²) >= 11 is 0. The molecule has 0 aliphatic heterocycles. The number of ether oxygens (including phenoxy) is 1. The van der Waals surface area contributed by atoms with Gasteiger partial charge in [-0.25, -0.2) is 24.5 Å². The van der Waals surface area contributed by atoms with Gasteiger partial charge in [0.05, 0.1) is 6.33 Å². The van der Waals surface area contributed by atoms with Crippen LogP contribution >= 0.6 is 0 Å². The molecular weight excluding hydrogens is 436 g/mol. The number of fused-ring (bicyclic) bond motifs is 4. The molecule has 2 aromatic heterocycles. The molecule has 0 fully saturated rings. The molecule has 1 amide bonds. The normalized spacial score (nSPS) is 13.3. The van der Waals surface area contributed by atoms with Crippen molar-refractivity contribution in [3.05, 3.63) is 72.3 Å².